The van der Waals surface area contributed by atoms with Crippen molar-refractivity contribution in [3.63, 3.8) is 0 Å². The van der Waals surface area contributed by atoms with Gasteiger partial charge in [0.2, 0.25) is 0 Å². The third-order valence-electron chi connectivity index (χ3n) is 5.97. The number of carbonyl (C=O) groups excluding carboxylic acids is 1. The minimum Gasteiger partial charge on any atom is -0.488 e. The zero-order chi connectivity index (χ0) is 24.4. The van der Waals surface area contributed by atoms with Gasteiger partial charge in [-0.3, -0.25) is 4.79 Å². The highest BCUT2D eigenvalue weighted by molar-refractivity contribution is 7.20. The second-order valence-corrected chi connectivity index (χ2v) is 9.42. The van der Waals surface area contributed by atoms with Crippen LogP contribution >= 0.6 is 11.3 Å². The Bertz CT molecular complexity index is 1340. The number of nitrogens with zero attached hydrogens (tertiary/aromatic N) is 3. The summed E-state index contributed by atoms with van der Waals surface area (Å²) in [6, 6.07) is 4.29. The van der Waals surface area contributed by atoms with E-state index in [0.29, 0.717) is 63.8 Å². The van der Waals surface area contributed by atoms with Crippen LogP contribution in [0.5, 0.6) is 5.75 Å². The Balaban J connectivity index is 1.40. The summed E-state index contributed by atoms with van der Waals surface area (Å²) in [6.07, 6.45) is 6.58. The number of hydrogen-bond donors (Lipinski definition) is 3. The van der Waals surface area contributed by atoms with E-state index in [9.17, 15) is 14.3 Å². The van der Waals surface area contributed by atoms with Crippen LogP contribution in [0, 0.1) is 12.7 Å². The van der Waals surface area contributed by atoms with Crippen molar-refractivity contribution >= 4 is 39.0 Å². The van der Waals surface area contributed by atoms with Crippen molar-refractivity contribution in [1.29, 1.82) is 0 Å². The number of carbonyl (C=O) groups is 1. The van der Waals surface area contributed by atoms with E-state index in [1.165, 1.54) is 36.2 Å². The molecule has 0 aliphatic heterocycles. The van der Waals surface area contributed by atoms with Crippen LogP contribution in [0.3, 0.4) is 0 Å². The lowest BCUT2D eigenvalue weighted by molar-refractivity contribution is 0.0668. The normalized spacial score (nSPS) is 17.9. The third-order valence-corrected chi connectivity index (χ3v) is 7.17. The Labute approximate surface area is 204 Å². The molecule has 0 atom stereocenters. The van der Waals surface area contributed by atoms with Crippen LogP contribution in [0.25, 0.3) is 10.2 Å². The van der Waals surface area contributed by atoms with Crippen molar-refractivity contribution in [3.8, 4) is 5.75 Å². The third kappa shape index (κ3) is 5.10. The SMILES string of the molecule is Cc1c(C(=O)NCc2cnco2)sc2ncnc(Nc3ccc(F)cc3OC3CCC(O)CC3)c12. The molecule has 3 aromatic heterocycles. The quantitative estimate of drug-likeness (QED) is 0.342. The standard InChI is InChI=1S/C24H24FN5O4S/c1-13-20-22(28-11-29-24(20)35-21(13)23(32)27-10-17-9-26-12-33-17)30-18-7-2-14(25)8-19(18)34-16-5-3-15(31)4-6-16/h2,7-9,11-12,15-16,31H,3-6,10H2,1H3,(H,27,32)(H,28,29,30). The molecule has 35 heavy (non-hydrogen) atoms. The van der Waals surface area contributed by atoms with Crippen molar-refractivity contribution in [2.24, 2.45) is 0 Å². The first-order valence-corrected chi connectivity index (χ1v) is 12.1. The summed E-state index contributed by atoms with van der Waals surface area (Å²) in [5, 5.41) is 16.5. The lowest BCUT2D eigenvalue weighted by Crippen LogP contribution is -2.26. The van der Waals surface area contributed by atoms with Crippen LogP contribution in [0.2, 0.25) is 0 Å². The highest BCUT2D eigenvalue weighted by atomic mass is 32.1. The average Bonchev–Trinajstić information content (AvgIpc) is 3.49. The molecule has 11 heteroatoms. The minimum absolute atomic E-state index is 0.103. The van der Waals surface area contributed by atoms with Gasteiger partial charge in [0.1, 0.15) is 34.3 Å². The molecule has 0 unspecified atom stereocenters. The van der Waals surface area contributed by atoms with E-state index >= 15 is 0 Å². The maximum atomic E-state index is 14.1. The number of halogens is 1. The van der Waals surface area contributed by atoms with Crippen molar-refractivity contribution in [2.75, 3.05) is 5.32 Å². The summed E-state index contributed by atoms with van der Waals surface area (Å²) in [5.74, 6) is 0.755. The molecule has 3 N–H and O–H groups in total. The molecule has 1 aromatic carbocycles. The smallest absolute Gasteiger partial charge is 0.262 e. The molecule has 0 radical (unpaired) electrons. The summed E-state index contributed by atoms with van der Waals surface area (Å²) in [4.78, 5) is 26.6. The Morgan fingerprint density at radius 3 is 2.89 bits per heavy atom. The fraction of sp³-hybridized carbons (Fsp3) is 0.333. The predicted molar refractivity (Wildman–Crippen MR) is 128 cm³/mol. The highest BCUT2D eigenvalue weighted by Gasteiger charge is 2.23. The molecule has 1 aliphatic carbocycles. The van der Waals surface area contributed by atoms with Crippen LogP contribution in [0.15, 0.2) is 41.5 Å². The van der Waals surface area contributed by atoms with E-state index in [2.05, 4.69) is 25.6 Å². The molecular formula is C24H24FN5O4S. The Hall–Kier alpha value is -3.57. The van der Waals surface area contributed by atoms with E-state index in [-0.39, 0.29) is 24.7 Å². The topological polar surface area (TPSA) is 122 Å². The molecule has 9 nitrogen and oxygen atoms in total. The number of anilines is 2. The summed E-state index contributed by atoms with van der Waals surface area (Å²) < 4.78 is 25.3. The van der Waals surface area contributed by atoms with E-state index in [1.54, 1.807) is 12.3 Å². The van der Waals surface area contributed by atoms with E-state index in [1.807, 2.05) is 6.92 Å². The van der Waals surface area contributed by atoms with Gasteiger partial charge in [-0.15, -0.1) is 11.3 Å². The molecule has 4 aromatic rings. The number of benzene rings is 1. The van der Waals surface area contributed by atoms with Gasteiger partial charge in [0.15, 0.2) is 6.39 Å². The second-order valence-electron chi connectivity index (χ2n) is 8.42. The number of hydrogen-bond acceptors (Lipinski definition) is 9. The lowest BCUT2D eigenvalue weighted by atomic mass is 9.95. The number of thiophene rings is 1. The summed E-state index contributed by atoms with van der Waals surface area (Å²) in [5.41, 5.74) is 1.29. The van der Waals surface area contributed by atoms with Crippen molar-refractivity contribution < 1.29 is 23.4 Å². The van der Waals surface area contributed by atoms with E-state index in [4.69, 9.17) is 9.15 Å². The van der Waals surface area contributed by atoms with Crippen molar-refractivity contribution in [3.05, 3.63) is 59.1 Å². The van der Waals surface area contributed by atoms with Gasteiger partial charge in [0, 0.05) is 6.07 Å². The Morgan fingerprint density at radius 2 is 2.11 bits per heavy atom. The maximum absolute atomic E-state index is 14.1. The monoisotopic (exact) mass is 497 g/mol. The molecule has 182 valence electrons. The molecular weight excluding hydrogens is 473 g/mol. The average molecular weight is 498 g/mol. The van der Waals surface area contributed by atoms with Crippen LogP contribution in [0.4, 0.5) is 15.9 Å². The van der Waals surface area contributed by atoms with Crippen LogP contribution < -0.4 is 15.4 Å². The van der Waals surface area contributed by atoms with Crippen molar-refractivity contribution in [2.45, 2.75) is 51.4 Å². The van der Waals surface area contributed by atoms with Gasteiger partial charge in [-0.1, -0.05) is 0 Å². The number of ether oxygens (including phenoxy) is 1. The fourth-order valence-electron chi connectivity index (χ4n) is 4.13. The molecule has 3 heterocycles. The molecule has 1 fully saturated rings. The van der Waals surface area contributed by atoms with Gasteiger partial charge in [0.25, 0.3) is 5.91 Å². The summed E-state index contributed by atoms with van der Waals surface area (Å²) in [6.45, 7) is 2.06. The van der Waals surface area contributed by atoms with E-state index < -0.39 is 5.82 Å². The summed E-state index contributed by atoms with van der Waals surface area (Å²) >= 11 is 1.26. The zero-order valence-corrected chi connectivity index (χ0v) is 19.8. The predicted octanol–water partition coefficient (Wildman–Crippen LogP) is 4.48. The maximum Gasteiger partial charge on any atom is 0.262 e. The van der Waals surface area contributed by atoms with Gasteiger partial charge in [-0.05, 0) is 50.3 Å². The molecule has 1 saturated carbocycles. The molecule has 0 spiro atoms. The lowest BCUT2D eigenvalue weighted by Gasteiger charge is -2.27. The molecule has 0 saturated heterocycles. The molecule has 0 bridgehead atoms. The number of rotatable bonds is 7. The van der Waals surface area contributed by atoms with E-state index in [0.717, 1.165) is 5.56 Å². The van der Waals surface area contributed by atoms with Gasteiger partial charge in [0.05, 0.1) is 40.9 Å². The largest absolute Gasteiger partial charge is 0.488 e. The number of fused-ring (bicyclic) bond motifs is 1. The Kier molecular flexibility index (Phi) is 6.60. The second kappa shape index (κ2) is 9.96. The first kappa shape index (κ1) is 23.2. The van der Waals surface area contributed by atoms with Crippen LogP contribution in [-0.4, -0.2) is 38.2 Å². The van der Waals surface area contributed by atoms with Gasteiger partial charge in [-0.2, -0.15) is 0 Å². The minimum atomic E-state index is -0.411. The number of aliphatic hydroxyl groups is 1. The molecule has 5 rings (SSSR count). The van der Waals surface area contributed by atoms with Crippen LogP contribution in [0.1, 0.15) is 46.7 Å². The molecule has 1 amide bonds. The Morgan fingerprint density at radius 1 is 1.29 bits per heavy atom. The first-order chi connectivity index (χ1) is 17.0. The number of oxazole rings is 1. The number of aromatic nitrogens is 3. The van der Waals surface area contributed by atoms with Gasteiger partial charge < -0.3 is 24.9 Å². The van der Waals surface area contributed by atoms with Gasteiger partial charge >= 0.3 is 0 Å². The molecule has 1 aliphatic rings. The van der Waals surface area contributed by atoms with Gasteiger partial charge in [-0.25, -0.2) is 19.3 Å². The fourth-order valence-corrected chi connectivity index (χ4v) is 5.19. The number of nitrogens with one attached hydrogen (secondary N) is 2. The zero-order valence-electron chi connectivity index (χ0n) is 19.0. The summed E-state index contributed by atoms with van der Waals surface area (Å²) in [7, 11) is 0. The number of aryl methyl sites for hydroxylation is 1. The number of aliphatic hydroxyl groups excluding tert-OH is 1. The first-order valence-electron chi connectivity index (χ1n) is 11.3. The van der Waals surface area contributed by atoms with Crippen LogP contribution in [-0.2, 0) is 6.54 Å². The van der Waals surface area contributed by atoms with Crippen molar-refractivity contribution in [1.82, 2.24) is 20.3 Å². The number of amides is 1. The highest BCUT2D eigenvalue weighted by Crippen LogP contribution is 2.37.